The lowest BCUT2D eigenvalue weighted by Gasteiger charge is -2.34. The van der Waals surface area contributed by atoms with Gasteiger partial charge in [0.1, 0.15) is 0 Å². The van der Waals surface area contributed by atoms with Crippen LogP contribution in [0, 0.1) is 6.92 Å². The summed E-state index contributed by atoms with van der Waals surface area (Å²) in [5.74, 6) is 2.60. The van der Waals surface area contributed by atoms with E-state index in [1.54, 1.807) is 0 Å². The fourth-order valence-corrected chi connectivity index (χ4v) is 3.17. The number of aromatic amines is 1. The molecule has 2 aromatic rings. The average Bonchev–Trinajstić information content (AvgIpc) is 2.92. The minimum atomic E-state index is 0.387. The number of aliphatic imine (C=N–C) groups is 1. The lowest BCUT2D eigenvalue weighted by Crippen LogP contribution is -2.49. The molecule has 1 aliphatic rings. The number of benzene rings is 1. The Morgan fingerprint density at radius 2 is 2.17 bits per heavy atom. The number of hydrazine groups is 1. The maximum absolute atomic E-state index is 4.70. The van der Waals surface area contributed by atoms with Crippen molar-refractivity contribution >= 4 is 23.4 Å². The first-order valence-corrected chi connectivity index (χ1v) is 9.21. The van der Waals surface area contributed by atoms with Crippen molar-refractivity contribution in [2.75, 3.05) is 6.26 Å². The zero-order valence-corrected chi connectivity index (χ0v) is 14.9. The van der Waals surface area contributed by atoms with Crippen LogP contribution in [0.1, 0.15) is 36.2 Å². The van der Waals surface area contributed by atoms with Crippen LogP contribution in [0.15, 0.2) is 29.3 Å². The fourth-order valence-electron chi connectivity index (χ4n) is 2.66. The minimum absolute atomic E-state index is 0.387. The van der Waals surface area contributed by atoms with E-state index < -0.39 is 0 Å². The van der Waals surface area contributed by atoms with E-state index in [0.717, 1.165) is 29.4 Å². The number of hydrogen-bond acceptors (Lipinski definition) is 4. The Kier molecular flexibility index (Phi) is 4.73. The zero-order chi connectivity index (χ0) is 16.4. The van der Waals surface area contributed by atoms with Gasteiger partial charge >= 0.3 is 0 Å². The number of H-pyrrole nitrogens is 1. The zero-order valence-electron chi connectivity index (χ0n) is 14.1. The van der Waals surface area contributed by atoms with E-state index in [1.807, 2.05) is 24.8 Å². The Bertz CT molecular complexity index is 720. The second kappa shape index (κ2) is 6.76. The summed E-state index contributed by atoms with van der Waals surface area (Å²) in [4.78, 5) is 4.70. The van der Waals surface area contributed by atoms with E-state index in [0.29, 0.717) is 11.9 Å². The van der Waals surface area contributed by atoms with Crippen LogP contribution in [-0.4, -0.2) is 33.3 Å². The van der Waals surface area contributed by atoms with Gasteiger partial charge in [0.15, 0.2) is 11.7 Å². The van der Waals surface area contributed by atoms with Gasteiger partial charge in [-0.1, -0.05) is 18.2 Å². The van der Waals surface area contributed by atoms with Gasteiger partial charge in [-0.3, -0.25) is 5.10 Å². The first-order valence-electron chi connectivity index (χ1n) is 7.82. The van der Waals surface area contributed by atoms with E-state index in [9.17, 15) is 0 Å². The Balaban J connectivity index is 2.01. The fraction of sp³-hybridized carbons (Fsp3) is 0.412. The number of aromatic nitrogens is 2. The van der Waals surface area contributed by atoms with E-state index in [4.69, 9.17) is 4.99 Å². The second-order valence-electron chi connectivity index (χ2n) is 6.13. The molecule has 5 nitrogen and oxygen atoms in total. The highest BCUT2D eigenvalue weighted by Crippen LogP contribution is 2.23. The second-order valence-corrected chi connectivity index (χ2v) is 6.99. The van der Waals surface area contributed by atoms with Gasteiger partial charge in [-0.05, 0) is 38.2 Å². The first kappa shape index (κ1) is 16.1. The first-order chi connectivity index (χ1) is 11.1. The van der Waals surface area contributed by atoms with Crippen molar-refractivity contribution in [2.24, 2.45) is 4.99 Å². The number of fused-ring (bicyclic) bond motifs is 1. The molecule has 0 unspecified atom stereocenters. The molecule has 1 aromatic carbocycles. The largest absolute Gasteiger partial charge is 0.302 e. The predicted molar refractivity (Wildman–Crippen MR) is 97.0 cm³/mol. The highest BCUT2D eigenvalue weighted by atomic mass is 32.2. The quantitative estimate of drug-likeness (QED) is 0.903. The molecule has 2 N–H and O–H groups in total. The third-order valence-corrected chi connectivity index (χ3v) is 4.49. The number of nitrogens with zero attached hydrogens (tertiary/aromatic N) is 3. The van der Waals surface area contributed by atoms with Crippen molar-refractivity contribution in [2.45, 2.75) is 39.1 Å². The summed E-state index contributed by atoms with van der Waals surface area (Å²) in [7, 11) is 0. The monoisotopic (exact) mass is 329 g/mol. The lowest BCUT2D eigenvalue weighted by atomic mass is 10.0. The maximum Gasteiger partial charge on any atom is 0.175 e. The molecule has 0 amide bonds. The molecule has 122 valence electrons. The molecule has 0 spiro atoms. The molecule has 0 saturated carbocycles. The molecule has 1 aromatic heterocycles. The summed E-state index contributed by atoms with van der Waals surface area (Å²) in [6, 6.07) is 8.99. The number of rotatable bonds is 4. The SMILES string of the molecule is CSCc1ccc2c(c1)CN(C(C)C)NC2=Nc1cc(C)[nH]n1. The Labute approximate surface area is 141 Å². The van der Waals surface area contributed by atoms with Crippen molar-refractivity contribution in [1.29, 1.82) is 0 Å². The van der Waals surface area contributed by atoms with E-state index in [1.165, 1.54) is 11.1 Å². The number of amidine groups is 1. The lowest BCUT2D eigenvalue weighted by molar-refractivity contribution is 0.169. The van der Waals surface area contributed by atoms with E-state index in [-0.39, 0.29) is 0 Å². The van der Waals surface area contributed by atoms with Gasteiger partial charge in [-0.25, -0.2) is 10.0 Å². The minimum Gasteiger partial charge on any atom is -0.302 e. The van der Waals surface area contributed by atoms with Crippen LogP contribution in [-0.2, 0) is 12.3 Å². The summed E-state index contributed by atoms with van der Waals surface area (Å²) in [6.45, 7) is 7.22. The Morgan fingerprint density at radius 1 is 1.35 bits per heavy atom. The molecular weight excluding hydrogens is 306 g/mol. The van der Waals surface area contributed by atoms with Crippen LogP contribution in [0.4, 0.5) is 5.82 Å². The summed E-state index contributed by atoms with van der Waals surface area (Å²) >= 11 is 1.85. The normalized spacial score (nSPS) is 16.7. The molecule has 0 aliphatic carbocycles. The van der Waals surface area contributed by atoms with Gasteiger partial charge in [0.25, 0.3) is 0 Å². The van der Waals surface area contributed by atoms with Crippen molar-refractivity contribution in [3.63, 3.8) is 0 Å². The van der Waals surface area contributed by atoms with Crippen molar-refractivity contribution < 1.29 is 0 Å². The van der Waals surface area contributed by atoms with Crippen LogP contribution >= 0.6 is 11.8 Å². The van der Waals surface area contributed by atoms with Gasteiger partial charge in [-0.2, -0.15) is 16.9 Å². The number of thioether (sulfide) groups is 1. The van der Waals surface area contributed by atoms with Gasteiger partial charge in [-0.15, -0.1) is 0 Å². The average molecular weight is 329 g/mol. The molecule has 0 bridgehead atoms. The van der Waals surface area contributed by atoms with Crippen LogP contribution in [0.3, 0.4) is 0 Å². The highest BCUT2D eigenvalue weighted by molar-refractivity contribution is 7.97. The Morgan fingerprint density at radius 3 is 2.83 bits per heavy atom. The topological polar surface area (TPSA) is 56.3 Å². The van der Waals surface area contributed by atoms with Crippen LogP contribution in [0.5, 0.6) is 0 Å². The highest BCUT2D eigenvalue weighted by Gasteiger charge is 2.23. The number of aryl methyl sites for hydroxylation is 1. The van der Waals surface area contributed by atoms with Gasteiger partial charge in [0.05, 0.1) is 0 Å². The molecule has 0 radical (unpaired) electrons. The molecule has 1 aliphatic heterocycles. The van der Waals surface area contributed by atoms with Crippen LogP contribution < -0.4 is 5.43 Å². The molecule has 2 heterocycles. The van der Waals surface area contributed by atoms with Gasteiger partial charge in [0.2, 0.25) is 0 Å². The molecular formula is C17H23N5S. The van der Waals surface area contributed by atoms with Crippen LogP contribution in [0.2, 0.25) is 0 Å². The molecule has 23 heavy (non-hydrogen) atoms. The standard InChI is InChI=1S/C17H23N5S/c1-11(2)22-9-14-8-13(10-23-4)5-6-15(14)17(21-22)18-16-7-12(3)19-20-16/h5-8,11H,9-10H2,1-4H3,(H2,18,19,20,21). The van der Waals surface area contributed by atoms with Crippen molar-refractivity contribution in [1.82, 2.24) is 20.6 Å². The van der Waals surface area contributed by atoms with Gasteiger partial charge < -0.3 is 5.43 Å². The summed E-state index contributed by atoms with van der Waals surface area (Å²) in [6.07, 6.45) is 2.13. The predicted octanol–water partition coefficient (Wildman–Crippen LogP) is 3.39. The summed E-state index contributed by atoms with van der Waals surface area (Å²) in [5, 5.41) is 9.38. The smallest absolute Gasteiger partial charge is 0.175 e. The van der Waals surface area contributed by atoms with Crippen molar-refractivity contribution in [3.8, 4) is 0 Å². The molecule has 6 heteroatoms. The third kappa shape index (κ3) is 3.59. The van der Waals surface area contributed by atoms with Gasteiger partial charge in [0, 0.05) is 35.7 Å². The van der Waals surface area contributed by atoms with Crippen molar-refractivity contribution in [3.05, 3.63) is 46.6 Å². The Hall–Kier alpha value is -1.79. The third-order valence-electron chi connectivity index (χ3n) is 3.87. The maximum atomic E-state index is 4.70. The number of nitrogens with one attached hydrogen (secondary N) is 2. The number of hydrogen-bond donors (Lipinski definition) is 2. The van der Waals surface area contributed by atoms with E-state index >= 15 is 0 Å². The van der Waals surface area contributed by atoms with E-state index in [2.05, 4.69) is 58.9 Å². The summed E-state index contributed by atoms with van der Waals surface area (Å²) < 4.78 is 0. The van der Waals surface area contributed by atoms with Crippen LogP contribution in [0.25, 0.3) is 0 Å². The molecule has 0 atom stereocenters. The summed E-state index contributed by atoms with van der Waals surface area (Å²) in [5.41, 5.74) is 8.29. The molecule has 3 rings (SSSR count). The molecule has 0 fully saturated rings. The molecule has 0 saturated heterocycles.